The molecule has 0 aliphatic heterocycles. The summed E-state index contributed by atoms with van der Waals surface area (Å²) in [4.78, 5) is 11.9. The highest BCUT2D eigenvalue weighted by Gasteiger charge is 2.33. The predicted molar refractivity (Wildman–Crippen MR) is 87.9 cm³/mol. The first-order chi connectivity index (χ1) is 11.3. The van der Waals surface area contributed by atoms with E-state index in [9.17, 15) is 18.0 Å². The minimum Gasteiger partial charge on any atom is -0.325 e. The van der Waals surface area contributed by atoms with Crippen molar-refractivity contribution >= 4 is 23.2 Å². The Kier molecular flexibility index (Phi) is 5.85. The lowest BCUT2D eigenvalue weighted by atomic mass is 10.1. The molecule has 0 bridgehead atoms. The monoisotopic (exact) mass is 356 g/mol. The topological polar surface area (TPSA) is 41.1 Å². The predicted octanol–water partition coefficient (Wildman–Crippen LogP) is 4.65. The van der Waals surface area contributed by atoms with Gasteiger partial charge in [-0.2, -0.15) is 13.2 Å². The molecule has 2 aromatic rings. The van der Waals surface area contributed by atoms with E-state index in [2.05, 4.69) is 10.6 Å². The van der Waals surface area contributed by atoms with Gasteiger partial charge in [-0.15, -0.1) is 0 Å². The number of nitrogens with one attached hydrogen (secondary N) is 2. The second kappa shape index (κ2) is 7.68. The van der Waals surface area contributed by atoms with Crippen molar-refractivity contribution in [1.29, 1.82) is 0 Å². The molecule has 2 N–H and O–H groups in total. The molecule has 2 aromatic carbocycles. The van der Waals surface area contributed by atoms with Gasteiger partial charge in [-0.3, -0.25) is 4.79 Å². The number of rotatable bonds is 5. The normalized spacial score (nSPS) is 12.7. The lowest BCUT2D eigenvalue weighted by Gasteiger charge is -2.15. The molecule has 0 unspecified atom stereocenters. The van der Waals surface area contributed by atoms with Crippen LogP contribution >= 0.6 is 11.6 Å². The summed E-state index contributed by atoms with van der Waals surface area (Å²) in [5.74, 6) is -0.437. The van der Waals surface area contributed by atoms with Gasteiger partial charge in [-0.05, 0) is 30.7 Å². The number of anilines is 1. The van der Waals surface area contributed by atoms with Crippen molar-refractivity contribution in [3.63, 3.8) is 0 Å². The summed E-state index contributed by atoms with van der Waals surface area (Å²) >= 11 is 5.54. The van der Waals surface area contributed by atoms with Crippen molar-refractivity contribution in [2.24, 2.45) is 0 Å². The lowest BCUT2D eigenvalue weighted by molar-refractivity contribution is -0.137. The summed E-state index contributed by atoms with van der Waals surface area (Å²) in [7, 11) is 0. The van der Waals surface area contributed by atoms with Crippen LogP contribution in [0.2, 0.25) is 5.02 Å². The Balaban J connectivity index is 1.95. The third kappa shape index (κ3) is 4.97. The molecule has 0 aliphatic rings. The summed E-state index contributed by atoms with van der Waals surface area (Å²) < 4.78 is 38.4. The first kappa shape index (κ1) is 18.3. The number of carbonyl (C=O) groups is 1. The van der Waals surface area contributed by atoms with E-state index in [-0.39, 0.29) is 18.3 Å². The number of carbonyl (C=O) groups excluding carboxylic acids is 1. The van der Waals surface area contributed by atoms with Crippen LogP contribution in [0.1, 0.15) is 24.1 Å². The quantitative estimate of drug-likeness (QED) is 0.818. The summed E-state index contributed by atoms with van der Waals surface area (Å²) in [5, 5.41) is 5.04. The summed E-state index contributed by atoms with van der Waals surface area (Å²) in [6.07, 6.45) is -4.57. The van der Waals surface area contributed by atoms with Gasteiger partial charge in [-0.1, -0.05) is 41.9 Å². The van der Waals surface area contributed by atoms with Crippen LogP contribution < -0.4 is 10.6 Å². The number of benzene rings is 2. The van der Waals surface area contributed by atoms with Crippen molar-refractivity contribution in [2.75, 3.05) is 11.9 Å². The van der Waals surface area contributed by atoms with Crippen molar-refractivity contribution in [2.45, 2.75) is 19.1 Å². The molecular weight excluding hydrogens is 341 g/mol. The van der Waals surface area contributed by atoms with E-state index in [4.69, 9.17) is 11.6 Å². The molecular formula is C17H16ClF3N2O. The van der Waals surface area contributed by atoms with Gasteiger partial charge in [0.1, 0.15) is 0 Å². The fraction of sp³-hybridized carbons (Fsp3) is 0.235. The van der Waals surface area contributed by atoms with Crippen molar-refractivity contribution < 1.29 is 18.0 Å². The average molecular weight is 357 g/mol. The van der Waals surface area contributed by atoms with Gasteiger partial charge in [0.05, 0.1) is 17.1 Å². The van der Waals surface area contributed by atoms with E-state index in [1.807, 2.05) is 37.3 Å². The Morgan fingerprint density at radius 2 is 1.83 bits per heavy atom. The van der Waals surface area contributed by atoms with Crippen LogP contribution in [0, 0.1) is 0 Å². The molecule has 1 amide bonds. The van der Waals surface area contributed by atoms with Crippen LogP contribution in [0.4, 0.5) is 18.9 Å². The number of hydrogen-bond acceptors (Lipinski definition) is 2. The van der Waals surface area contributed by atoms with Gasteiger partial charge in [-0.25, -0.2) is 0 Å². The van der Waals surface area contributed by atoms with Crippen LogP contribution in [0.25, 0.3) is 0 Å². The maximum absolute atomic E-state index is 12.8. The molecule has 0 heterocycles. The Labute approximate surface area is 142 Å². The zero-order valence-corrected chi connectivity index (χ0v) is 13.6. The number of hydrogen-bond donors (Lipinski definition) is 2. The van der Waals surface area contributed by atoms with Gasteiger partial charge in [0.15, 0.2) is 0 Å². The van der Waals surface area contributed by atoms with E-state index >= 15 is 0 Å². The van der Waals surface area contributed by atoms with Crippen molar-refractivity contribution in [3.05, 3.63) is 64.7 Å². The number of amides is 1. The smallest absolute Gasteiger partial charge is 0.325 e. The highest BCUT2D eigenvalue weighted by atomic mass is 35.5. The van der Waals surface area contributed by atoms with Gasteiger partial charge >= 0.3 is 6.18 Å². The first-order valence-electron chi connectivity index (χ1n) is 7.22. The summed E-state index contributed by atoms with van der Waals surface area (Å²) in [6.45, 7) is 1.87. The molecule has 0 aliphatic carbocycles. The summed E-state index contributed by atoms with van der Waals surface area (Å²) in [5.41, 5.74) is 0.0784. The van der Waals surface area contributed by atoms with E-state index in [0.29, 0.717) is 0 Å². The first-order valence-corrected chi connectivity index (χ1v) is 7.60. The fourth-order valence-corrected chi connectivity index (χ4v) is 2.36. The largest absolute Gasteiger partial charge is 0.417 e. The van der Waals surface area contributed by atoms with E-state index in [0.717, 1.165) is 17.7 Å². The van der Waals surface area contributed by atoms with Gasteiger partial charge in [0.2, 0.25) is 5.91 Å². The molecule has 0 saturated heterocycles. The molecule has 1 atom stereocenters. The molecule has 24 heavy (non-hydrogen) atoms. The second-order valence-electron chi connectivity index (χ2n) is 5.25. The third-order valence-corrected chi connectivity index (χ3v) is 3.75. The molecule has 0 fully saturated rings. The van der Waals surface area contributed by atoms with Crippen molar-refractivity contribution in [1.82, 2.24) is 5.32 Å². The molecule has 0 spiro atoms. The van der Waals surface area contributed by atoms with Crippen molar-refractivity contribution in [3.8, 4) is 0 Å². The second-order valence-corrected chi connectivity index (χ2v) is 5.66. The molecule has 2 rings (SSSR count). The zero-order valence-electron chi connectivity index (χ0n) is 12.8. The van der Waals surface area contributed by atoms with E-state index in [1.54, 1.807) is 0 Å². The standard InChI is InChI=1S/C17H16ClF3N2O/c1-11(12-5-3-2-4-6-12)22-10-16(24)23-13-7-8-15(18)14(9-13)17(19,20)21/h2-9,11,22H,10H2,1H3,(H,23,24)/t11-/m1/s1. The van der Waals surface area contributed by atoms with Gasteiger partial charge < -0.3 is 10.6 Å². The average Bonchev–Trinajstić information content (AvgIpc) is 2.54. The highest BCUT2D eigenvalue weighted by molar-refractivity contribution is 6.31. The molecule has 7 heteroatoms. The van der Waals surface area contributed by atoms with E-state index in [1.165, 1.54) is 6.07 Å². The SMILES string of the molecule is C[C@@H](NCC(=O)Nc1ccc(Cl)c(C(F)(F)F)c1)c1ccccc1. The van der Waals surface area contributed by atoms with Crippen LogP contribution in [-0.4, -0.2) is 12.5 Å². The lowest BCUT2D eigenvalue weighted by Crippen LogP contribution is -2.30. The number of alkyl halides is 3. The molecule has 0 aromatic heterocycles. The molecule has 3 nitrogen and oxygen atoms in total. The van der Waals surface area contributed by atoms with Crippen LogP contribution in [-0.2, 0) is 11.0 Å². The van der Waals surface area contributed by atoms with Crippen LogP contribution in [0.15, 0.2) is 48.5 Å². The van der Waals surface area contributed by atoms with E-state index < -0.39 is 22.7 Å². The minimum atomic E-state index is -4.57. The fourth-order valence-electron chi connectivity index (χ4n) is 2.13. The Morgan fingerprint density at radius 3 is 2.46 bits per heavy atom. The minimum absolute atomic E-state index is 0.0277. The van der Waals surface area contributed by atoms with Crippen LogP contribution in [0.3, 0.4) is 0 Å². The molecule has 128 valence electrons. The van der Waals surface area contributed by atoms with Crippen LogP contribution in [0.5, 0.6) is 0 Å². The Morgan fingerprint density at radius 1 is 1.17 bits per heavy atom. The number of halogens is 4. The van der Waals surface area contributed by atoms with Gasteiger partial charge in [0, 0.05) is 11.7 Å². The molecule has 0 saturated carbocycles. The molecule has 0 radical (unpaired) electrons. The third-order valence-electron chi connectivity index (χ3n) is 3.42. The summed E-state index contributed by atoms with van der Waals surface area (Å²) in [6, 6.07) is 12.7. The zero-order chi connectivity index (χ0) is 17.7. The maximum Gasteiger partial charge on any atom is 0.417 e. The Bertz CT molecular complexity index is 705. The van der Waals surface area contributed by atoms with Gasteiger partial charge in [0.25, 0.3) is 0 Å². The highest BCUT2D eigenvalue weighted by Crippen LogP contribution is 2.36. The maximum atomic E-state index is 12.8. The Hall–Kier alpha value is -2.05.